The van der Waals surface area contributed by atoms with Crippen molar-refractivity contribution < 1.29 is 13.9 Å². The molecule has 2 heterocycles. The van der Waals surface area contributed by atoms with E-state index < -0.39 is 0 Å². The van der Waals surface area contributed by atoms with Gasteiger partial charge in [0, 0.05) is 26.7 Å². The summed E-state index contributed by atoms with van der Waals surface area (Å²) in [5.74, 6) is 2.93. The minimum atomic E-state index is -0.158. The van der Waals surface area contributed by atoms with Crippen molar-refractivity contribution in [3.8, 4) is 0 Å². The molecule has 18 heavy (non-hydrogen) atoms. The normalized spacial score (nSPS) is 23.7. The number of hydrogen-bond donors (Lipinski definition) is 1. The Morgan fingerprint density at radius 2 is 2.28 bits per heavy atom. The molecule has 2 rings (SSSR count). The van der Waals surface area contributed by atoms with Gasteiger partial charge in [-0.05, 0) is 18.4 Å². The lowest BCUT2D eigenvalue weighted by atomic mass is 10.0. The fourth-order valence-electron chi connectivity index (χ4n) is 2.11. The summed E-state index contributed by atoms with van der Waals surface area (Å²) in [5, 5.41) is 3.39. The van der Waals surface area contributed by atoms with E-state index in [1.54, 1.807) is 18.9 Å². The second-order valence-electron chi connectivity index (χ2n) is 4.59. The lowest BCUT2D eigenvalue weighted by Crippen LogP contribution is -2.42. The number of methoxy groups -OCH3 is 1. The Morgan fingerprint density at radius 3 is 2.94 bits per heavy atom. The molecule has 4 nitrogen and oxygen atoms in total. The van der Waals surface area contributed by atoms with E-state index in [1.807, 2.05) is 12.1 Å². The Hall–Kier alpha value is -0.490. The molecule has 0 radical (unpaired) electrons. The monoisotopic (exact) mass is 271 g/mol. The predicted octanol–water partition coefficient (Wildman–Crippen LogP) is 2.04. The Morgan fingerprint density at radius 1 is 1.44 bits per heavy atom. The number of nitrogens with one attached hydrogen (secondary N) is 1. The van der Waals surface area contributed by atoms with Crippen LogP contribution < -0.4 is 5.32 Å². The summed E-state index contributed by atoms with van der Waals surface area (Å²) in [6, 6.07) is 4.07. The summed E-state index contributed by atoms with van der Waals surface area (Å²) in [6.45, 7) is 2.99. The van der Waals surface area contributed by atoms with Crippen molar-refractivity contribution in [3.63, 3.8) is 0 Å². The van der Waals surface area contributed by atoms with Crippen LogP contribution in [0.1, 0.15) is 17.9 Å². The van der Waals surface area contributed by atoms with E-state index in [-0.39, 0.29) is 5.60 Å². The van der Waals surface area contributed by atoms with Crippen molar-refractivity contribution in [2.24, 2.45) is 0 Å². The first kappa shape index (κ1) is 13.9. The smallest absolute Gasteiger partial charge is 0.118 e. The molecule has 1 aromatic rings. The summed E-state index contributed by atoms with van der Waals surface area (Å²) in [4.78, 5) is 0. The lowest BCUT2D eigenvalue weighted by molar-refractivity contribution is -0.0161. The molecule has 1 saturated heterocycles. The van der Waals surface area contributed by atoms with Gasteiger partial charge in [0.05, 0.1) is 18.9 Å². The maximum atomic E-state index is 5.70. The molecule has 5 heteroatoms. The summed E-state index contributed by atoms with van der Waals surface area (Å²) in [6.07, 6.45) is 3.02. The largest absolute Gasteiger partial charge is 0.464 e. The van der Waals surface area contributed by atoms with Gasteiger partial charge in [-0.2, -0.15) is 11.8 Å². The maximum absolute atomic E-state index is 5.70. The first-order chi connectivity index (χ1) is 8.78. The molecule has 1 atom stereocenters. The average molecular weight is 271 g/mol. The number of thioether (sulfide) groups is 1. The van der Waals surface area contributed by atoms with E-state index in [0.29, 0.717) is 6.61 Å². The van der Waals surface area contributed by atoms with Gasteiger partial charge in [0.25, 0.3) is 0 Å². The van der Waals surface area contributed by atoms with Gasteiger partial charge in [-0.15, -0.1) is 0 Å². The zero-order valence-corrected chi connectivity index (χ0v) is 11.8. The maximum Gasteiger partial charge on any atom is 0.118 e. The van der Waals surface area contributed by atoms with E-state index in [4.69, 9.17) is 13.9 Å². The summed E-state index contributed by atoms with van der Waals surface area (Å²) >= 11 is 1.76. The van der Waals surface area contributed by atoms with Crippen LogP contribution in [0.5, 0.6) is 0 Å². The van der Waals surface area contributed by atoms with Crippen LogP contribution in [-0.4, -0.2) is 38.7 Å². The number of hydrogen-bond acceptors (Lipinski definition) is 5. The third kappa shape index (κ3) is 3.51. The van der Waals surface area contributed by atoms with Crippen molar-refractivity contribution in [1.29, 1.82) is 0 Å². The highest BCUT2D eigenvalue weighted by Crippen LogP contribution is 2.21. The first-order valence-electron chi connectivity index (χ1n) is 6.18. The number of furan rings is 1. The highest BCUT2D eigenvalue weighted by molar-refractivity contribution is 7.97. The second kappa shape index (κ2) is 6.61. The standard InChI is InChI=1S/C13H21NO3S/c1-15-13(5-6-16-10-13)9-14-7-11-3-4-12(17-11)8-18-2/h3-4,14H,5-10H2,1-2H3. The highest BCUT2D eigenvalue weighted by Gasteiger charge is 2.34. The van der Waals surface area contributed by atoms with Gasteiger partial charge in [0.15, 0.2) is 0 Å². The van der Waals surface area contributed by atoms with E-state index in [9.17, 15) is 0 Å². The Labute approximate surface area is 112 Å². The van der Waals surface area contributed by atoms with Gasteiger partial charge in [0.2, 0.25) is 0 Å². The molecule has 0 bridgehead atoms. The second-order valence-corrected chi connectivity index (χ2v) is 5.46. The summed E-state index contributed by atoms with van der Waals surface area (Å²) in [7, 11) is 1.75. The molecule has 1 unspecified atom stereocenters. The van der Waals surface area contributed by atoms with E-state index in [2.05, 4.69) is 11.6 Å². The van der Waals surface area contributed by atoms with Crippen LogP contribution in [0.2, 0.25) is 0 Å². The first-order valence-corrected chi connectivity index (χ1v) is 7.57. The molecule has 0 spiro atoms. The van der Waals surface area contributed by atoms with Gasteiger partial charge in [0.1, 0.15) is 17.1 Å². The van der Waals surface area contributed by atoms with Gasteiger partial charge < -0.3 is 19.2 Å². The summed E-state index contributed by atoms with van der Waals surface area (Å²) < 4.78 is 16.7. The Balaban J connectivity index is 1.76. The SMILES string of the molecule is COC1(CNCc2ccc(CSC)o2)CCOC1. The van der Waals surface area contributed by atoms with Gasteiger partial charge in [-0.25, -0.2) is 0 Å². The molecular formula is C13H21NO3S. The minimum absolute atomic E-state index is 0.158. The average Bonchev–Trinajstić information content (AvgIpc) is 3.00. The van der Waals surface area contributed by atoms with Crippen LogP contribution in [0.4, 0.5) is 0 Å². The highest BCUT2D eigenvalue weighted by atomic mass is 32.2. The van der Waals surface area contributed by atoms with Crippen molar-refractivity contribution in [1.82, 2.24) is 5.32 Å². The molecule has 102 valence electrons. The zero-order valence-electron chi connectivity index (χ0n) is 11.0. The molecule has 1 N–H and O–H groups in total. The molecular weight excluding hydrogens is 250 g/mol. The quantitative estimate of drug-likeness (QED) is 0.822. The van der Waals surface area contributed by atoms with Crippen LogP contribution >= 0.6 is 11.8 Å². The van der Waals surface area contributed by atoms with Crippen LogP contribution in [0.3, 0.4) is 0 Å². The third-order valence-electron chi connectivity index (χ3n) is 3.25. The van der Waals surface area contributed by atoms with Crippen molar-refractivity contribution in [2.45, 2.75) is 24.3 Å². The third-order valence-corrected chi connectivity index (χ3v) is 3.82. The van der Waals surface area contributed by atoms with Crippen LogP contribution in [0, 0.1) is 0 Å². The molecule has 0 aromatic carbocycles. The van der Waals surface area contributed by atoms with Gasteiger partial charge in [-0.1, -0.05) is 0 Å². The fraction of sp³-hybridized carbons (Fsp3) is 0.692. The molecule has 0 saturated carbocycles. The zero-order chi connectivity index (χ0) is 12.8. The minimum Gasteiger partial charge on any atom is -0.464 e. The molecule has 0 amide bonds. The molecule has 1 aromatic heterocycles. The van der Waals surface area contributed by atoms with Crippen molar-refractivity contribution in [2.75, 3.05) is 33.1 Å². The van der Waals surface area contributed by atoms with Gasteiger partial charge in [-0.3, -0.25) is 0 Å². The van der Waals surface area contributed by atoms with Crippen molar-refractivity contribution in [3.05, 3.63) is 23.7 Å². The molecule has 0 aliphatic carbocycles. The molecule has 1 fully saturated rings. The van der Waals surface area contributed by atoms with Gasteiger partial charge >= 0.3 is 0 Å². The van der Waals surface area contributed by atoms with E-state index in [0.717, 1.165) is 43.4 Å². The summed E-state index contributed by atoms with van der Waals surface area (Å²) in [5.41, 5.74) is -0.158. The fourth-order valence-corrected chi connectivity index (χ4v) is 2.55. The molecule has 1 aliphatic heterocycles. The predicted molar refractivity (Wildman–Crippen MR) is 72.8 cm³/mol. The Bertz CT molecular complexity index is 361. The van der Waals surface area contributed by atoms with Crippen LogP contribution in [-0.2, 0) is 21.8 Å². The molecule has 1 aliphatic rings. The van der Waals surface area contributed by atoms with Crippen LogP contribution in [0.25, 0.3) is 0 Å². The number of rotatable bonds is 7. The number of ether oxygens (including phenoxy) is 2. The topological polar surface area (TPSA) is 43.6 Å². The van der Waals surface area contributed by atoms with Crippen LogP contribution in [0.15, 0.2) is 16.5 Å². The van der Waals surface area contributed by atoms with E-state index >= 15 is 0 Å². The Kier molecular flexibility index (Phi) is 5.12. The van der Waals surface area contributed by atoms with E-state index in [1.165, 1.54) is 0 Å². The lowest BCUT2D eigenvalue weighted by Gasteiger charge is -2.25. The van der Waals surface area contributed by atoms with Crippen molar-refractivity contribution >= 4 is 11.8 Å².